The summed E-state index contributed by atoms with van der Waals surface area (Å²) in [4.78, 5) is 28.1. The summed E-state index contributed by atoms with van der Waals surface area (Å²) >= 11 is 0. The molecule has 0 N–H and O–H groups in total. The maximum Gasteiger partial charge on any atom is 0.418 e. The molecule has 1 atom stereocenters. The predicted octanol–water partition coefficient (Wildman–Crippen LogP) is 2.51. The molecular formula is C18H29N3O4. The van der Waals surface area contributed by atoms with E-state index in [0.717, 1.165) is 38.0 Å². The third-order valence-corrected chi connectivity index (χ3v) is 5.02. The Kier molecular flexibility index (Phi) is 4.95. The molecule has 1 aromatic heterocycles. The highest BCUT2D eigenvalue weighted by atomic mass is 16.6. The van der Waals surface area contributed by atoms with Gasteiger partial charge in [0.25, 0.3) is 0 Å². The van der Waals surface area contributed by atoms with Gasteiger partial charge in [-0.1, -0.05) is 0 Å². The quantitative estimate of drug-likeness (QED) is 0.819. The molecule has 2 fully saturated rings. The van der Waals surface area contributed by atoms with Crippen LogP contribution in [0, 0.1) is 0 Å². The van der Waals surface area contributed by atoms with Crippen molar-refractivity contribution in [2.45, 2.75) is 64.1 Å². The first-order chi connectivity index (χ1) is 11.7. The largest absolute Gasteiger partial charge is 0.444 e. The van der Waals surface area contributed by atoms with Crippen LogP contribution in [0.2, 0.25) is 0 Å². The highest BCUT2D eigenvalue weighted by Crippen LogP contribution is 2.35. The summed E-state index contributed by atoms with van der Waals surface area (Å²) in [5.41, 5.74) is -0.459. The number of carbonyl (C=O) groups excluding carboxylic acids is 1. The number of nitrogens with zero attached hydrogens (tertiary/aromatic N) is 3. The van der Waals surface area contributed by atoms with Gasteiger partial charge in [-0.25, -0.2) is 9.59 Å². The van der Waals surface area contributed by atoms with Crippen LogP contribution in [0.1, 0.15) is 58.3 Å². The molecule has 25 heavy (non-hydrogen) atoms. The first-order valence-corrected chi connectivity index (χ1v) is 9.14. The lowest BCUT2D eigenvalue weighted by Gasteiger charge is -2.39. The van der Waals surface area contributed by atoms with Crippen molar-refractivity contribution in [1.82, 2.24) is 14.4 Å². The van der Waals surface area contributed by atoms with Crippen molar-refractivity contribution >= 4 is 6.09 Å². The van der Waals surface area contributed by atoms with E-state index in [2.05, 4.69) is 4.90 Å². The van der Waals surface area contributed by atoms with Gasteiger partial charge in [-0.05, 0) is 53.0 Å². The molecule has 2 aliphatic heterocycles. The molecule has 0 radical (unpaired) electrons. The highest BCUT2D eigenvalue weighted by Gasteiger charge is 2.37. The number of piperidine rings is 1. The average molecular weight is 351 g/mol. The van der Waals surface area contributed by atoms with Gasteiger partial charge in [-0.3, -0.25) is 9.47 Å². The molecule has 1 amide bonds. The molecule has 3 rings (SSSR count). The molecule has 7 heteroatoms. The summed E-state index contributed by atoms with van der Waals surface area (Å²) in [6, 6.07) is 0.587. The van der Waals surface area contributed by atoms with Gasteiger partial charge >= 0.3 is 11.8 Å². The molecule has 1 aromatic rings. The summed E-state index contributed by atoms with van der Waals surface area (Å²) in [7, 11) is 1.72. The number of hydrogen-bond acceptors (Lipinski definition) is 5. The van der Waals surface area contributed by atoms with Gasteiger partial charge in [0.05, 0.1) is 12.2 Å². The molecule has 0 saturated carbocycles. The van der Waals surface area contributed by atoms with Crippen LogP contribution in [-0.4, -0.2) is 51.7 Å². The zero-order valence-corrected chi connectivity index (χ0v) is 15.7. The van der Waals surface area contributed by atoms with Gasteiger partial charge in [0.2, 0.25) is 0 Å². The Bertz CT molecular complexity index is 665. The maximum absolute atomic E-state index is 12.2. The minimum absolute atomic E-state index is 0.173. The molecule has 140 valence electrons. The van der Waals surface area contributed by atoms with Crippen molar-refractivity contribution in [3.05, 3.63) is 22.5 Å². The number of likely N-dealkylation sites (tertiary alicyclic amines) is 2. The first-order valence-electron chi connectivity index (χ1n) is 9.14. The highest BCUT2D eigenvalue weighted by molar-refractivity contribution is 5.68. The van der Waals surface area contributed by atoms with Crippen LogP contribution in [0.25, 0.3) is 0 Å². The van der Waals surface area contributed by atoms with Crippen molar-refractivity contribution in [3.8, 4) is 0 Å². The van der Waals surface area contributed by atoms with Crippen molar-refractivity contribution in [2.24, 2.45) is 7.05 Å². The van der Waals surface area contributed by atoms with Gasteiger partial charge < -0.3 is 14.1 Å². The molecule has 7 nitrogen and oxygen atoms in total. The molecule has 2 aliphatic rings. The van der Waals surface area contributed by atoms with Crippen LogP contribution in [0.3, 0.4) is 0 Å². The lowest BCUT2D eigenvalue weighted by atomic mass is 10.0. The zero-order valence-electron chi connectivity index (χ0n) is 15.7. The van der Waals surface area contributed by atoms with Crippen LogP contribution in [-0.2, 0) is 11.8 Å². The Morgan fingerprint density at radius 1 is 1.20 bits per heavy atom. The normalized spacial score (nSPS) is 23.2. The third-order valence-electron chi connectivity index (χ3n) is 5.02. The Hall–Kier alpha value is -1.76. The fraction of sp³-hybridized carbons (Fsp3) is 0.778. The Morgan fingerprint density at radius 2 is 1.88 bits per heavy atom. The minimum atomic E-state index is -0.459. The smallest absolute Gasteiger partial charge is 0.418 e. The standard InChI is InChI=1S/C18H29N3O4/c1-18(2,3)25-17(23)20-10-7-13(8-11-20)21-9-5-6-14(21)15-12-19(4)16(22)24-15/h12-14H,5-11H2,1-4H3. The lowest BCUT2D eigenvalue weighted by Crippen LogP contribution is -2.47. The molecule has 1 unspecified atom stereocenters. The fourth-order valence-electron chi connectivity index (χ4n) is 3.83. The van der Waals surface area contributed by atoms with Crippen LogP contribution < -0.4 is 5.76 Å². The molecule has 0 spiro atoms. The van der Waals surface area contributed by atoms with E-state index in [9.17, 15) is 9.59 Å². The van der Waals surface area contributed by atoms with E-state index in [-0.39, 0.29) is 17.9 Å². The number of aryl methyl sites for hydroxylation is 1. The van der Waals surface area contributed by atoms with Crippen LogP contribution >= 0.6 is 0 Å². The second-order valence-electron chi connectivity index (χ2n) is 8.10. The molecule has 0 aromatic carbocycles. The number of oxazole rings is 1. The number of amides is 1. The van der Waals surface area contributed by atoms with Gasteiger partial charge in [0, 0.05) is 26.2 Å². The van der Waals surface area contributed by atoms with Gasteiger partial charge in [-0.2, -0.15) is 0 Å². The number of aromatic nitrogens is 1. The van der Waals surface area contributed by atoms with Crippen LogP contribution in [0.15, 0.2) is 15.4 Å². The fourth-order valence-corrected chi connectivity index (χ4v) is 3.83. The molecule has 2 saturated heterocycles. The molecule has 0 aliphatic carbocycles. The van der Waals surface area contributed by atoms with E-state index < -0.39 is 5.60 Å². The molecular weight excluding hydrogens is 322 g/mol. The second kappa shape index (κ2) is 6.86. The lowest BCUT2D eigenvalue weighted by molar-refractivity contribution is 0.0128. The van der Waals surface area contributed by atoms with E-state index in [1.807, 2.05) is 20.8 Å². The number of hydrogen-bond donors (Lipinski definition) is 0. The molecule has 0 bridgehead atoms. The van der Waals surface area contributed by atoms with Gasteiger partial charge in [0.1, 0.15) is 11.4 Å². The second-order valence-corrected chi connectivity index (χ2v) is 8.10. The summed E-state index contributed by atoms with van der Waals surface area (Å²) in [6.45, 7) is 8.10. The van der Waals surface area contributed by atoms with E-state index >= 15 is 0 Å². The van der Waals surface area contributed by atoms with E-state index in [1.165, 1.54) is 4.57 Å². The number of carbonyl (C=O) groups is 1. The van der Waals surface area contributed by atoms with Crippen LogP contribution in [0.5, 0.6) is 0 Å². The van der Waals surface area contributed by atoms with Gasteiger partial charge in [0.15, 0.2) is 0 Å². The summed E-state index contributed by atoms with van der Waals surface area (Å²) < 4.78 is 12.4. The maximum atomic E-state index is 12.2. The van der Waals surface area contributed by atoms with Crippen molar-refractivity contribution in [2.75, 3.05) is 19.6 Å². The van der Waals surface area contributed by atoms with E-state index in [0.29, 0.717) is 19.1 Å². The monoisotopic (exact) mass is 351 g/mol. The van der Waals surface area contributed by atoms with Crippen molar-refractivity contribution in [3.63, 3.8) is 0 Å². The summed E-state index contributed by atoms with van der Waals surface area (Å²) in [6.07, 6.45) is 5.55. The van der Waals surface area contributed by atoms with Crippen molar-refractivity contribution < 1.29 is 13.9 Å². The Balaban J connectivity index is 1.60. The summed E-state index contributed by atoms with van der Waals surface area (Å²) in [5, 5.41) is 0. The summed E-state index contributed by atoms with van der Waals surface area (Å²) in [5.74, 6) is 0.459. The number of ether oxygens (including phenoxy) is 1. The zero-order chi connectivity index (χ0) is 18.2. The van der Waals surface area contributed by atoms with E-state index in [1.54, 1.807) is 18.1 Å². The van der Waals surface area contributed by atoms with Crippen molar-refractivity contribution in [1.29, 1.82) is 0 Å². The third kappa shape index (κ3) is 4.08. The average Bonchev–Trinajstić information content (AvgIpc) is 3.13. The molecule has 3 heterocycles. The predicted molar refractivity (Wildman–Crippen MR) is 93.5 cm³/mol. The van der Waals surface area contributed by atoms with Gasteiger partial charge in [-0.15, -0.1) is 0 Å². The SMILES string of the molecule is Cn1cc(C2CCCN2C2CCN(C(=O)OC(C)(C)C)CC2)oc1=O. The topological polar surface area (TPSA) is 67.9 Å². The Morgan fingerprint density at radius 3 is 2.44 bits per heavy atom. The number of rotatable bonds is 2. The first kappa shape index (κ1) is 18.0. The van der Waals surface area contributed by atoms with Crippen LogP contribution in [0.4, 0.5) is 4.79 Å². The van der Waals surface area contributed by atoms with E-state index in [4.69, 9.17) is 9.15 Å². The Labute approximate surface area is 148 Å². The minimum Gasteiger partial charge on any atom is -0.444 e.